The second-order valence-corrected chi connectivity index (χ2v) is 4.57. The summed E-state index contributed by atoms with van der Waals surface area (Å²) in [5.74, 6) is 0.0892. The smallest absolute Gasteiger partial charge is 0.220 e. The van der Waals surface area contributed by atoms with E-state index < -0.39 is 0 Å². The van der Waals surface area contributed by atoms with Gasteiger partial charge in [-0.25, -0.2) is 0 Å². The molecule has 1 amide bonds. The molecule has 0 aromatic rings. The van der Waals surface area contributed by atoms with Crippen LogP contribution in [0.3, 0.4) is 0 Å². The van der Waals surface area contributed by atoms with E-state index in [0.717, 1.165) is 32.3 Å². The predicted molar refractivity (Wildman–Crippen MR) is 68.4 cm³/mol. The Labute approximate surface area is 109 Å². The van der Waals surface area contributed by atoms with E-state index in [4.69, 9.17) is 14.6 Å². The zero-order valence-electron chi connectivity index (χ0n) is 11.0. The molecule has 1 saturated heterocycles. The molecule has 1 atom stereocenters. The maximum atomic E-state index is 11.5. The summed E-state index contributed by atoms with van der Waals surface area (Å²) < 4.78 is 10.7. The van der Waals surface area contributed by atoms with Crippen LogP contribution in [0.5, 0.6) is 0 Å². The first-order valence-corrected chi connectivity index (χ1v) is 6.90. The van der Waals surface area contributed by atoms with Gasteiger partial charge in [0.15, 0.2) is 0 Å². The van der Waals surface area contributed by atoms with E-state index in [2.05, 4.69) is 5.32 Å². The van der Waals surface area contributed by atoms with Crippen LogP contribution in [0.15, 0.2) is 0 Å². The molecule has 1 heterocycles. The van der Waals surface area contributed by atoms with Gasteiger partial charge in [0.2, 0.25) is 5.91 Å². The topological polar surface area (TPSA) is 67.8 Å². The predicted octanol–water partition coefficient (Wildman–Crippen LogP) is 0.851. The summed E-state index contributed by atoms with van der Waals surface area (Å²) >= 11 is 0. The molecular weight excluding hydrogens is 234 g/mol. The van der Waals surface area contributed by atoms with Crippen LogP contribution in [0.2, 0.25) is 0 Å². The average Bonchev–Trinajstić information content (AvgIpc) is 2.41. The first-order chi connectivity index (χ1) is 8.83. The lowest BCUT2D eigenvalue weighted by Gasteiger charge is -2.22. The molecule has 106 valence electrons. The van der Waals surface area contributed by atoms with Crippen molar-refractivity contribution in [3.63, 3.8) is 0 Å². The number of rotatable bonds is 9. The van der Waals surface area contributed by atoms with Crippen molar-refractivity contribution < 1.29 is 19.4 Å². The number of amides is 1. The Hall–Kier alpha value is -0.650. The number of aliphatic hydroxyl groups excluding tert-OH is 1. The van der Waals surface area contributed by atoms with Crippen LogP contribution in [-0.4, -0.2) is 50.1 Å². The highest BCUT2D eigenvalue weighted by atomic mass is 16.5. The second-order valence-electron chi connectivity index (χ2n) is 4.57. The van der Waals surface area contributed by atoms with Crippen LogP contribution in [0.4, 0.5) is 0 Å². The van der Waals surface area contributed by atoms with Crippen LogP contribution >= 0.6 is 0 Å². The normalized spacial score (nSPS) is 19.7. The van der Waals surface area contributed by atoms with E-state index in [0.29, 0.717) is 26.2 Å². The number of aliphatic hydroxyl groups is 1. The van der Waals surface area contributed by atoms with Crippen molar-refractivity contribution in [1.29, 1.82) is 0 Å². The maximum absolute atomic E-state index is 11.5. The Bertz CT molecular complexity index is 217. The highest BCUT2D eigenvalue weighted by Gasteiger charge is 2.14. The summed E-state index contributed by atoms with van der Waals surface area (Å²) in [6, 6.07) is 0. The van der Waals surface area contributed by atoms with Gasteiger partial charge in [0.05, 0.1) is 19.3 Å². The Kier molecular flexibility index (Phi) is 8.81. The molecule has 0 radical (unpaired) electrons. The monoisotopic (exact) mass is 259 g/mol. The molecule has 1 aliphatic rings. The van der Waals surface area contributed by atoms with Crippen molar-refractivity contribution in [2.24, 2.45) is 0 Å². The molecule has 5 nitrogen and oxygen atoms in total. The molecule has 1 fully saturated rings. The number of ether oxygens (including phenoxy) is 2. The Balaban J connectivity index is 1.90. The SMILES string of the molecule is O=C(CCC1CCCCO1)NCCCOCCO. The second kappa shape index (κ2) is 10.3. The zero-order chi connectivity index (χ0) is 13.1. The largest absolute Gasteiger partial charge is 0.394 e. The highest BCUT2D eigenvalue weighted by molar-refractivity contribution is 5.75. The standard InChI is InChI=1S/C13H25NO4/c15-8-11-17-9-3-7-14-13(16)6-5-12-4-1-2-10-18-12/h12,15H,1-11H2,(H,14,16). The zero-order valence-corrected chi connectivity index (χ0v) is 11.0. The minimum Gasteiger partial charge on any atom is -0.394 e. The van der Waals surface area contributed by atoms with Gasteiger partial charge in [-0.2, -0.15) is 0 Å². The average molecular weight is 259 g/mol. The fraction of sp³-hybridized carbons (Fsp3) is 0.923. The van der Waals surface area contributed by atoms with E-state index in [1.165, 1.54) is 6.42 Å². The number of hydrogen-bond donors (Lipinski definition) is 2. The van der Waals surface area contributed by atoms with Gasteiger partial charge in [0.25, 0.3) is 0 Å². The van der Waals surface area contributed by atoms with E-state index in [9.17, 15) is 4.79 Å². The molecule has 0 aromatic heterocycles. The Morgan fingerprint density at radius 1 is 1.39 bits per heavy atom. The molecule has 0 bridgehead atoms. The fourth-order valence-corrected chi connectivity index (χ4v) is 1.98. The van der Waals surface area contributed by atoms with Crippen molar-refractivity contribution in [1.82, 2.24) is 5.32 Å². The van der Waals surface area contributed by atoms with Crippen LogP contribution < -0.4 is 5.32 Å². The lowest BCUT2D eigenvalue weighted by molar-refractivity contribution is -0.122. The molecule has 0 spiro atoms. The Morgan fingerprint density at radius 2 is 2.28 bits per heavy atom. The first kappa shape index (κ1) is 15.4. The first-order valence-electron chi connectivity index (χ1n) is 6.90. The van der Waals surface area contributed by atoms with Gasteiger partial charge in [0, 0.05) is 26.2 Å². The molecular formula is C13H25NO4. The fourth-order valence-electron chi connectivity index (χ4n) is 1.98. The van der Waals surface area contributed by atoms with E-state index in [1.807, 2.05) is 0 Å². The van der Waals surface area contributed by atoms with Gasteiger partial charge in [-0.15, -0.1) is 0 Å². The molecule has 5 heteroatoms. The lowest BCUT2D eigenvalue weighted by atomic mass is 10.0. The third-order valence-electron chi connectivity index (χ3n) is 2.99. The summed E-state index contributed by atoms with van der Waals surface area (Å²) in [5, 5.41) is 11.4. The van der Waals surface area contributed by atoms with Crippen LogP contribution in [0, 0.1) is 0 Å². The number of hydrogen-bond acceptors (Lipinski definition) is 4. The number of carbonyl (C=O) groups is 1. The summed E-state index contributed by atoms with van der Waals surface area (Å²) in [6.45, 7) is 2.47. The van der Waals surface area contributed by atoms with Crippen LogP contribution in [-0.2, 0) is 14.3 Å². The van der Waals surface area contributed by atoms with Crippen molar-refractivity contribution in [2.75, 3.05) is 33.0 Å². The minimum atomic E-state index is 0.0494. The maximum Gasteiger partial charge on any atom is 0.220 e. The molecule has 0 aromatic carbocycles. The molecule has 2 N–H and O–H groups in total. The summed E-state index contributed by atoms with van der Waals surface area (Å²) in [6.07, 6.45) is 5.88. The van der Waals surface area contributed by atoms with Crippen molar-refractivity contribution in [3.05, 3.63) is 0 Å². The minimum absolute atomic E-state index is 0.0494. The van der Waals surface area contributed by atoms with Gasteiger partial charge >= 0.3 is 0 Å². The highest BCUT2D eigenvalue weighted by Crippen LogP contribution is 2.16. The van der Waals surface area contributed by atoms with Crippen molar-refractivity contribution >= 4 is 5.91 Å². The summed E-state index contributed by atoms with van der Waals surface area (Å²) in [4.78, 5) is 11.5. The van der Waals surface area contributed by atoms with Gasteiger partial charge in [0.1, 0.15) is 0 Å². The van der Waals surface area contributed by atoms with Gasteiger partial charge in [-0.3, -0.25) is 4.79 Å². The molecule has 1 aliphatic heterocycles. The molecule has 18 heavy (non-hydrogen) atoms. The molecule has 1 rings (SSSR count). The number of carbonyl (C=O) groups excluding carboxylic acids is 1. The lowest BCUT2D eigenvalue weighted by Crippen LogP contribution is -2.27. The van der Waals surface area contributed by atoms with Crippen LogP contribution in [0.25, 0.3) is 0 Å². The summed E-state index contributed by atoms with van der Waals surface area (Å²) in [7, 11) is 0. The molecule has 0 saturated carbocycles. The van der Waals surface area contributed by atoms with Gasteiger partial charge in [-0.05, 0) is 32.1 Å². The van der Waals surface area contributed by atoms with E-state index in [-0.39, 0.29) is 18.6 Å². The van der Waals surface area contributed by atoms with Gasteiger partial charge < -0.3 is 19.9 Å². The van der Waals surface area contributed by atoms with E-state index in [1.54, 1.807) is 0 Å². The third-order valence-corrected chi connectivity index (χ3v) is 2.99. The quantitative estimate of drug-likeness (QED) is 0.602. The molecule has 0 aliphatic carbocycles. The Morgan fingerprint density at radius 3 is 3.00 bits per heavy atom. The molecule has 1 unspecified atom stereocenters. The van der Waals surface area contributed by atoms with Gasteiger partial charge in [-0.1, -0.05) is 0 Å². The van der Waals surface area contributed by atoms with Crippen LogP contribution in [0.1, 0.15) is 38.5 Å². The third kappa shape index (κ3) is 7.63. The number of nitrogens with one attached hydrogen (secondary N) is 1. The van der Waals surface area contributed by atoms with Crippen molar-refractivity contribution in [3.8, 4) is 0 Å². The van der Waals surface area contributed by atoms with Crippen molar-refractivity contribution in [2.45, 2.75) is 44.6 Å². The summed E-state index contributed by atoms with van der Waals surface area (Å²) in [5.41, 5.74) is 0. The van der Waals surface area contributed by atoms with E-state index >= 15 is 0 Å².